The molecule has 2 aromatic carbocycles. The summed E-state index contributed by atoms with van der Waals surface area (Å²) in [6.07, 6.45) is 1.08. The zero-order valence-electron chi connectivity index (χ0n) is 11.7. The van der Waals surface area contributed by atoms with Crippen LogP contribution in [0.2, 0.25) is 0 Å². The van der Waals surface area contributed by atoms with Gasteiger partial charge < -0.3 is 11.1 Å². The van der Waals surface area contributed by atoms with E-state index in [9.17, 15) is 18.0 Å². The summed E-state index contributed by atoms with van der Waals surface area (Å²) < 4.78 is 23.0. The van der Waals surface area contributed by atoms with Crippen molar-refractivity contribution in [3.05, 3.63) is 59.7 Å². The predicted molar refractivity (Wildman–Crippen MR) is 82.5 cm³/mol. The average Bonchev–Trinajstić information content (AvgIpc) is 2.47. The van der Waals surface area contributed by atoms with Gasteiger partial charge in [0.25, 0.3) is 5.91 Å². The van der Waals surface area contributed by atoms with Crippen LogP contribution in [-0.2, 0) is 9.84 Å². The summed E-state index contributed by atoms with van der Waals surface area (Å²) in [5.41, 5.74) is 6.16. The van der Waals surface area contributed by atoms with E-state index >= 15 is 0 Å². The third-order valence-electron chi connectivity index (χ3n) is 2.95. The lowest BCUT2D eigenvalue weighted by molar-refractivity contribution is 0.0998. The van der Waals surface area contributed by atoms with Crippen LogP contribution in [-0.4, -0.2) is 26.5 Å². The van der Waals surface area contributed by atoms with Crippen LogP contribution in [0.15, 0.2) is 53.4 Å². The van der Waals surface area contributed by atoms with Gasteiger partial charge in [-0.1, -0.05) is 6.07 Å². The number of carbonyl (C=O) groups excluding carboxylic acids is 2. The van der Waals surface area contributed by atoms with Crippen LogP contribution in [0.4, 0.5) is 5.69 Å². The fourth-order valence-corrected chi connectivity index (χ4v) is 2.46. The fraction of sp³-hybridized carbons (Fsp3) is 0.0667. The van der Waals surface area contributed by atoms with Gasteiger partial charge in [-0.15, -0.1) is 0 Å². The van der Waals surface area contributed by atoms with Gasteiger partial charge >= 0.3 is 0 Å². The highest BCUT2D eigenvalue weighted by molar-refractivity contribution is 7.90. The fourth-order valence-electron chi connectivity index (χ4n) is 1.79. The van der Waals surface area contributed by atoms with Gasteiger partial charge in [-0.2, -0.15) is 0 Å². The van der Waals surface area contributed by atoms with Gasteiger partial charge in [-0.25, -0.2) is 8.42 Å². The van der Waals surface area contributed by atoms with E-state index in [-0.39, 0.29) is 10.5 Å². The highest BCUT2D eigenvalue weighted by Crippen LogP contribution is 2.14. The van der Waals surface area contributed by atoms with E-state index in [1.165, 1.54) is 36.4 Å². The Morgan fingerprint density at radius 1 is 1.00 bits per heavy atom. The van der Waals surface area contributed by atoms with Crippen molar-refractivity contribution in [1.29, 1.82) is 0 Å². The van der Waals surface area contributed by atoms with Gasteiger partial charge in [0.2, 0.25) is 5.91 Å². The Balaban J connectivity index is 2.20. The lowest BCUT2D eigenvalue weighted by Crippen LogP contribution is -2.14. The van der Waals surface area contributed by atoms with Gasteiger partial charge in [-0.3, -0.25) is 9.59 Å². The summed E-state index contributed by atoms with van der Waals surface area (Å²) >= 11 is 0. The summed E-state index contributed by atoms with van der Waals surface area (Å²) in [6, 6.07) is 11.8. The molecule has 3 N–H and O–H groups in total. The number of anilines is 1. The molecule has 0 saturated carbocycles. The SMILES string of the molecule is CS(=O)(=O)c1cccc(C(=O)Nc2ccc(C(N)=O)cc2)c1. The van der Waals surface area contributed by atoms with Crippen LogP contribution in [0, 0.1) is 0 Å². The first-order valence-electron chi connectivity index (χ1n) is 6.29. The second kappa shape index (κ2) is 5.98. The van der Waals surface area contributed by atoms with E-state index in [4.69, 9.17) is 5.73 Å². The molecule has 0 aromatic heterocycles. The Hall–Kier alpha value is -2.67. The second-order valence-corrected chi connectivity index (χ2v) is 6.71. The first-order chi connectivity index (χ1) is 10.3. The topological polar surface area (TPSA) is 106 Å². The van der Waals surface area contributed by atoms with Crippen LogP contribution < -0.4 is 11.1 Å². The van der Waals surface area contributed by atoms with E-state index in [1.807, 2.05) is 0 Å². The van der Waals surface area contributed by atoms with Crippen molar-refractivity contribution >= 4 is 27.3 Å². The van der Waals surface area contributed by atoms with Crippen molar-refractivity contribution in [3.8, 4) is 0 Å². The standard InChI is InChI=1S/C15H14N2O4S/c1-22(20,21)13-4-2-3-11(9-13)15(19)17-12-7-5-10(6-8-12)14(16)18/h2-9H,1H3,(H2,16,18)(H,17,19). The molecule has 0 atom stereocenters. The zero-order valence-corrected chi connectivity index (χ0v) is 12.6. The molecule has 22 heavy (non-hydrogen) atoms. The van der Waals surface area contributed by atoms with Crippen LogP contribution in [0.3, 0.4) is 0 Å². The van der Waals surface area contributed by atoms with E-state index in [2.05, 4.69) is 5.32 Å². The summed E-state index contributed by atoms with van der Waals surface area (Å²) in [7, 11) is -3.38. The third-order valence-corrected chi connectivity index (χ3v) is 4.06. The second-order valence-electron chi connectivity index (χ2n) is 4.70. The Kier molecular flexibility index (Phi) is 4.27. The smallest absolute Gasteiger partial charge is 0.255 e. The molecular formula is C15H14N2O4S. The largest absolute Gasteiger partial charge is 0.366 e. The van der Waals surface area contributed by atoms with Gasteiger partial charge in [0.1, 0.15) is 0 Å². The number of nitrogens with one attached hydrogen (secondary N) is 1. The number of hydrogen-bond acceptors (Lipinski definition) is 4. The summed E-state index contributed by atoms with van der Waals surface area (Å²) in [6.45, 7) is 0. The number of amides is 2. The summed E-state index contributed by atoms with van der Waals surface area (Å²) in [5.74, 6) is -1.00. The Labute approximate surface area is 127 Å². The molecule has 0 unspecified atom stereocenters. The minimum atomic E-state index is -3.38. The quantitative estimate of drug-likeness (QED) is 0.889. The third kappa shape index (κ3) is 3.70. The van der Waals surface area contributed by atoms with Gasteiger partial charge in [0, 0.05) is 23.1 Å². The minimum Gasteiger partial charge on any atom is -0.366 e. The number of rotatable bonds is 4. The maximum Gasteiger partial charge on any atom is 0.255 e. The molecule has 2 amide bonds. The van der Waals surface area contributed by atoms with Crippen molar-refractivity contribution in [2.75, 3.05) is 11.6 Å². The number of carbonyl (C=O) groups is 2. The van der Waals surface area contributed by atoms with Crippen LogP contribution >= 0.6 is 0 Å². The first-order valence-corrected chi connectivity index (χ1v) is 8.18. The van der Waals surface area contributed by atoms with Crippen molar-refractivity contribution in [2.24, 2.45) is 5.73 Å². The molecule has 0 fully saturated rings. The monoisotopic (exact) mass is 318 g/mol. The molecule has 6 nitrogen and oxygen atoms in total. The molecule has 0 aliphatic heterocycles. The molecule has 0 saturated heterocycles. The number of primary amides is 1. The molecule has 0 aliphatic rings. The highest BCUT2D eigenvalue weighted by atomic mass is 32.2. The van der Waals surface area contributed by atoms with Crippen molar-refractivity contribution in [3.63, 3.8) is 0 Å². The van der Waals surface area contributed by atoms with Crippen LogP contribution in [0.5, 0.6) is 0 Å². The molecule has 2 rings (SSSR count). The van der Waals surface area contributed by atoms with Gasteiger partial charge in [-0.05, 0) is 42.5 Å². The number of sulfone groups is 1. The van der Waals surface area contributed by atoms with Crippen molar-refractivity contribution < 1.29 is 18.0 Å². The molecular weight excluding hydrogens is 304 g/mol. The van der Waals surface area contributed by atoms with Crippen LogP contribution in [0.25, 0.3) is 0 Å². The lowest BCUT2D eigenvalue weighted by atomic mass is 10.2. The number of hydrogen-bond donors (Lipinski definition) is 2. The normalized spacial score (nSPS) is 11.0. The Bertz CT molecular complexity index is 827. The van der Waals surface area contributed by atoms with E-state index in [0.717, 1.165) is 6.26 Å². The molecule has 0 heterocycles. The molecule has 0 bridgehead atoms. The molecule has 2 aromatic rings. The molecule has 114 valence electrons. The van der Waals surface area contributed by atoms with Gasteiger partial charge in [0.05, 0.1) is 4.90 Å². The summed E-state index contributed by atoms with van der Waals surface area (Å²) in [4.78, 5) is 23.2. The molecule has 0 aliphatic carbocycles. The zero-order chi connectivity index (χ0) is 16.3. The van der Waals surface area contributed by atoms with Gasteiger partial charge in [0.15, 0.2) is 9.84 Å². The van der Waals surface area contributed by atoms with E-state index < -0.39 is 21.7 Å². The van der Waals surface area contributed by atoms with E-state index in [0.29, 0.717) is 11.3 Å². The minimum absolute atomic E-state index is 0.0734. The maximum atomic E-state index is 12.1. The van der Waals surface area contributed by atoms with Crippen LogP contribution in [0.1, 0.15) is 20.7 Å². The molecule has 7 heteroatoms. The molecule has 0 radical (unpaired) electrons. The highest BCUT2D eigenvalue weighted by Gasteiger charge is 2.12. The number of benzene rings is 2. The average molecular weight is 318 g/mol. The Morgan fingerprint density at radius 3 is 2.18 bits per heavy atom. The van der Waals surface area contributed by atoms with Crippen molar-refractivity contribution in [2.45, 2.75) is 4.90 Å². The predicted octanol–water partition coefficient (Wildman–Crippen LogP) is 1.44. The lowest BCUT2D eigenvalue weighted by Gasteiger charge is -2.07. The Morgan fingerprint density at radius 2 is 1.64 bits per heavy atom. The number of nitrogens with two attached hydrogens (primary N) is 1. The summed E-state index contributed by atoms with van der Waals surface area (Å²) in [5, 5.41) is 2.62. The van der Waals surface area contributed by atoms with E-state index in [1.54, 1.807) is 12.1 Å². The maximum absolute atomic E-state index is 12.1. The van der Waals surface area contributed by atoms with Crippen molar-refractivity contribution in [1.82, 2.24) is 0 Å². The molecule has 0 spiro atoms. The first kappa shape index (κ1) is 15.7.